The molecule has 1 aliphatic rings. The third-order valence-electron chi connectivity index (χ3n) is 2.89. The molecule has 17 heavy (non-hydrogen) atoms. The molecule has 1 fully saturated rings. The van der Waals surface area contributed by atoms with Gasteiger partial charge in [-0.15, -0.1) is 11.3 Å². The van der Waals surface area contributed by atoms with Gasteiger partial charge in [-0.05, 0) is 28.4 Å². The smallest absolute Gasteiger partial charge is 0.224 e. The van der Waals surface area contributed by atoms with Crippen molar-refractivity contribution in [2.24, 2.45) is 5.73 Å². The van der Waals surface area contributed by atoms with Crippen LogP contribution in [0.2, 0.25) is 4.34 Å². The number of nitrogens with two attached hydrogens (primary N) is 1. The molecule has 1 amide bonds. The van der Waals surface area contributed by atoms with Crippen LogP contribution in [0, 0.1) is 0 Å². The molecule has 0 saturated carbocycles. The maximum Gasteiger partial charge on any atom is 0.224 e. The maximum absolute atomic E-state index is 11.9. The molecule has 94 valence electrons. The monoisotopic (exact) mass is 336 g/mol. The number of hydrogen-bond donors (Lipinski definition) is 1. The first kappa shape index (κ1) is 13.3. The van der Waals surface area contributed by atoms with Crippen molar-refractivity contribution in [3.8, 4) is 0 Å². The van der Waals surface area contributed by atoms with E-state index in [-0.39, 0.29) is 18.0 Å². The molecular formula is C11H14BrClN2OS. The lowest BCUT2D eigenvalue weighted by Gasteiger charge is -2.25. The van der Waals surface area contributed by atoms with Gasteiger partial charge in [0, 0.05) is 28.4 Å². The van der Waals surface area contributed by atoms with Crippen LogP contribution in [-0.4, -0.2) is 23.4 Å². The van der Waals surface area contributed by atoms with Crippen LogP contribution >= 0.6 is 38.9 Å². The van der Waals surface area contributed by atoms with Crippen LogP contribution in [0.15, 0.2) is 10.5 Å². The fourth-order valence-electron chi connectivity index (χ4n) is 2.20. The molecule has 2 rings (SSSR count). The lowest BCUT2D eigenvalue weighted by molar-refractivity contribution is -0.129. The minimum absolute atomic E-state index is 0.0174. The Morgan fingerprint density at radius 2 is 2.41 bits per heavy atom. The second-order valence-corrected chi connectivity index (χ2v) is 6.71. The normalized spacial score (nSPS) is 24.7. The van der Waals surface area contributed by atoms with Crippen molar-refractivity contribution in [3.63, 3.8) is 0 Å². The van der Waals surface area contributed by atoms with Gasteiger partial charge in [0.05, 0.1) is 6.04 Å². The van der Waals surface area contributed by atoms with Crippen LogP contribution in [0.1, 0.15) is 30.7 Å². The van der Waals surface area contributed by atoms with Gasteiger partial charge >= 0.3 is 0 Å². The molecule has 1 saturated heterocycles. The summed E-state index contributed by atoms with van der Waals surface area (Å²) in [5, 5.41) is 0. The average Bonchev–Trinajstić information content (AvgIpc) is 2.70. The molecule has 0 aliphatic carbocycles. The molecule has 1 aromatic rings. The zero-order valence-electron chi connectivity index (χ0n) is 9.45. The lowest BCUT2D eigenvalue weighted by atomic mass is 10.1. The molecule has 1 aromatic heterocycles. The van der Waals surface area contributed by atoms with Gasteiger partial charge in [-0.1, -0.05) is 18.5 Å². The maximum atomic E-state index is 11.9. The Bertz CT molecular complexity index is 418. The standard InChI is InChI=1S/C11H14BrClN2OS/c1-2-3-15-9(16)5-7(14)10(15)8-4-6(12)11(13)17-8/h4,7,10H,2-3,5,14H2,1H3. The van der Waals surface area contributed by atoms with Crippen LogP contribution in [0.5, 0.6) is 0 Å². The number of nitrogens with zero attached hydrogens (tertiary/aromatic N) is 1. The van der Waals surface area contributed by atoms with Gasteiger partial charge in [-0.2, -0.15) is 0 Å². The van der Waals surface area contributed by atoms with E-state index in [0.29, 0.717) is 10.8 Å². The van der Waals surface area contributed by atoms with Gasteiger partial charge in [-0.25, -0.2) is 0 Å². The third kappa shape index (κ3) is 2.52. The number of amides is 1. The van der Waals surface area contributed by atoms with E-state index in [9.17, 15) is 4.79 Å². The highest BCUT2D eigenvalue weighted by molar-refractivity contribution is 9.10. The zero-order chi connectivity index (χ0) is 12.6. The van der Waals surface area contributed by atoms with E-state index in [1.807, 2.05) is 11.0 Å². The summed E-state index contributed by atoms with van der Waals surface area (Å²) in [7, 11) is 0. The molecule has 0 radical (unpaired) electrons. The predicted molar refractivity (Wildman–Crippen MR) is 74.4 cm³/mol. The van der Waals surface area contributed by atoms with Gasteiger partial charge in [0.15, 0.2) is 0 Å². The van der Waals surface area contributed by atoms with E-state index in [2.05, 4.69) is 22.9 Å². The van der Waals surface area contributed by atoms with Gasteiger partial charge in [0.2, 0.25) is 5.91 Å². The summed E-state index contributed by atoms with van der Waals surface area (Å²) in [6.45, 7) is 2.82. The molecule has 2 unspecified atom stereocenters. The number of carbonyl (C=O) groups is 1. The average molecular weight is 338 g/mol. The van der Waals surface area contributed by atoms with Crippen molar-refractivity contribution in [1.82, 2.24) is 4.90 Å². The minimum Gasteiger partial charge on any atom is -0.333 e. The van der Waals surface area contributed by atoms with E-state index >= 15 is 0 Å². The topological polar surface area (TPSA) is 46.3 Å². The molecule has 0 aromatic carbocycles. The number of thiophene rings is 1. The summed E-state index contributed by atoms with van der Waals surface area (Å²) in [6.07, 6.45) is 1.37. The Hall–Kier alpha value is -0.100. The molecule has 1 aliphatic heterocycles. The van der Waals surface area contributed by atoms with Crippen LogP contribution in [0.25, 0.3) is 0 Å². The minimum atomic E-state index is -0.129. The molecule has 6 heteroatoms. The van der Waals surface area contributed by atoms with E-state index in [4.69, 9.17) is 17.3 Å². The van der Waals surface area contributed by atoms with Crippen molar-refractivity contribution in [2.75, 3.05) is 6.54 Å². The van der Waals surface area contributed by atoms with E-state index in [1.165, 1.54) is 11.3 Å². The Balaban J connectivity index is 2.31. The first-order valence-electron chi connectivity index (χ1n) is 5.54. The van der Waals surface area contributed by atoms with Crippen molar-refractivity contribution in [1.29, 1.82) is 0 Å². The zero-order valence-corrected chi connectivity index (χ0v) is 12.6. The molecule has 2 N–H and O–H groups in total. The Morgan fingerprint density at radius 3 is 2.94 bits per heavy atom. The first-order chi connectivity index (χ1) is 8.04. The van der Waals surface area contributed by atoms with Crippen molar-refractivity contribution < 1.29 is 4.79 Å². The fraction of sp³-hybridized carbons (Fsp3) is 0.545. The second-order valence-electron chi connectivity index (χ2n) is 4.17. The quantitative estimate of drug-likeness (QED) is 0.921. The summed E-state index contributed by atoms with van der Waals surface area (Å²) in [6, 6.07) is 1.82. The molecule has 0 spiro atoms. The highest BCUT2D eigenvalue weighted by Crippen LogP contribution is 2.41. The van der Waals surface area contributed by atoms with Crippen LogP contribution < -0.4 is 5.73 Å². The molecular weight excluding hydrogens is 324 g/mol. The Labute approximate surface area is 118 Å². The first-order valence-corrected chi connectivity index (χ1v) is 7.53. The highest BCUT2D eigenvalue weighted by atomic mass is 79.9. The summed E-state index contributed by atoms with van der Waals surface area (Å²) < 4.78 is 1.59. The molecule has 2 heterocycles. The van der Waals surface area contributed by atoms with Crippen molar-refractivity contribution in [2.45, 2.75) is 31.8 Å². The van der Waals surface area contributed by atoms with Crippen LogP contribution in [0.4, 0.5) is 0 Å². The largest absolute Gasteiger partial charge is 0.333 e. The summed E-state index contributed by atoms with van der Waals surface area (Å²) in [4.78, 5) is 14.8. The summed E-state index contributed by atoms with van der Waals surface area (Å²) >= 11 is 10.9. The van der Waals surface area contributed by atoms with Crippen molar-refractivity contribution in [3.05, 3.63) is 19.8 Å². The van der Waals surface area contributed by atoms with Gasteiger partial charge in [0.1, 0.15) is 4.34 Å². The number of rotatable bonds is 3. The van der Waals surface area contributed by atoms with Crippen molar-refractivity contribution >= 4 is 44.8 Å². The van der Waals surface area contributed by atoms with Gasteiger partial charge in [-0.3, -0.25) is 4.79 Å². The van der Waals surface area contributed by atoms with Crippen LogP contribution in [0.3, 0.4) is 0 Å². The molecule has 3 nitrogen and oxygen atoms in total. The number of carbonyl (C=O) groups excluding carboxylic acids is 1. The Kier molecular flexibility index (Phi) is 4.13. The Morgan fingerprint density at radius 1 is 1.71 bits per heavy atom. The van der Waals surface area contributed by atoms with E-state index in [0.717, 1.165) is 22.3 Å². The molecule has 2 atom stereocenters. The summed E-state index contributed by atoms with van der Waals surface area (Å²) in [5.41, 5.74) is 6.07. The molecule has 0 bridgehead atoms. The van der Waals surface area contributed by atoms with Crippen LogP contribution in [-0.2, 0) is 4.79 Å². The van der Waals surface area contributed by atoms with E-state index < -0.39 is 0 Å². The fourth-order valence-corrected chi connectivity index (χ4v) is 4.12. The number of hydrogen-bond acceptors (Lipinski definition) is 3. The predicted octanol–water partition coefficient (Wildman–Crippen LogP) is 3.17. The SMILES string of the molecule is CCCN1C(=O)CC(N)C1c1cc(Br)c(Cl)s1. The second kappa shape index (κ2) is 5.26. The summed E-state index contributed by atoms with van der Waals surface area (Å²) in [5.74, 6) is 0.144. The number of likely N-dealkylation sites (tertiary alicyclic amines) is 1. The highest BCUT2D eigenvalue weighted by Gasteiger charge is 2.39. The van der Waals surface area contributed by atoms with E-state index in [1.54, 1.807) is 0 Å². The third-order valence-corrected chi connectivity index (χ3v) is 5.44. The van der Waals surface area contributed by atoms with Gasteiger partial charge in [0.25, 0.3) is 0 Å². The number of halogens is 2. The lowest BCUT2D eigenvalue weighted by Crippen LogP contribution is -2.33. The van der Waals surface area contributed by atoms with Gasteiger partial charge < -0.3 is 10.6 Å².